The molecule has 1 heterocycles. The van der Waals surface area contributed by atoms with Crippen molar-refractivity contribution in [1.29, 1.82) is 0 Å². The quantitative estimate of drug-likeness (QED) is 0.822. The van der Waals surface area contributed by atoms with E-state index in [0.29, 0.717) is 0 Å². The molecule has 0 spiro atoms. The Kier molecular flexibility index (Phi) is 4.73. The molecular formula is C13H17ClN2O. The molecule has 92 valence electrons. The summed E-state index contributed by atoms with van der Waals surface area (Å²) in [7, 11) is 0. The number of aromatic nitrogens is 1. The van der Waals surface area contributed by atoms with Gasteiger partial charge >= 0.3 is 0 Å². The van der Waals surface area contributed by atoms with E-state index in [9.17, 15) is 4.79 Å². The first-order chi connectivity index (χ1) is 7.74. The van der Waals surface area contributed by atoms with Gasteiger partial charge in [-0.05, 0) is 19.5 Å². The van der Waals surface area contributed by atoms with Crippen molar-refractivity contribution in [1.82, 2.24) is 10.3 Å². The lowest BCUT2D eigenvalue weighted by molar-refractivity contribution is 0.0953. The van der Waals surface area contributed by atoms with Gasteiger partial charge in [0, 0.05) is 22.7 Å². The molecule has 2 N–H and O–H groups in total. The number of aromatic amines is 1. The first-order valence-electron chi connectivity index (χ1n) is 5.57. The van der Waals surface area contributed by atoms with Crippen LogP contribution in [0.1, 0.15) is 24.2 Å². The molecule has 1 aromatic heterocycles. The fourth-order valence-corrected chi connectivity index (χ4v) is 1.91. The average molecular weight is 253 g/mol. The zero-order valence-corrected chi connectivity index (χ0v) is 10.8. The fraction of sp³-hybridized carbons (Fsp3) is 0.308. The van der Waals surface area contributed by atoms with Crippen LogP contribution in [0.15, 0.2) is 30.5 Å². The topological polar surface area (TPSA) is 44.9 Å². The van der Waals surface area contributed by atoms with E-state index in [2.05, 4.69) is 10.3 Å². The van der Waals surface area contributed by atoms with Gasteiger partial charge < -0.3 is 10.3 Å². The molecule has 17 heavy (non-hydrogen) atoms. The number of Topliss-reactive ketones (excluding diaryl/α,β-unsaturated/α-hetero) is 1. The van der Waals surface area contributed by atoms with Crippen molar-refractivity contribution in [2.75, 3.05) is 6.54 Å². The molecule has 0 aliphatic carbocycles. The summed E-state index contributed by atoms with van der Waals surface area (Å²) in [5.74, 6) is 0.138. The average Bonchev–Trinajstić information content (AvgIpc) is 2.72. The van der Waals surface area contributed by atoms with Crippen molar-refractivity contribution in [2.24, 2.45) is 0 Å². The minimum atomic E-state index is -0.135. The highest BCUT2D eigenvalue weighted by Crippen LogP contribution is 2.18. The van der Waals surface area contributed by atoms with Crippen molar-refractivity contribution in [2.45, 2.75) is 19.9 Å². The van der Waals surface area contributed by atoms with Crippen LogP contribution >= 0.6 is 12.4 Å². The Morgan fingerprint density at radius 3 is 2.82 bits per heavy atom. The molecule has 0 aliphatic heterocycles. The smallest absolute Gasteiger partial charge is 0.181 e. The Morgan fingerprint density at radius 1 is 1.41 bits per heavy atom. The maximum absolute atomic E-state index is 12.1. The molecule has 1 unspecified atom stereocenters. The van der Waals surface area contributed by atoms with Crippen LogP contribution in [0.3, 0.4) is 0 Å². The van der Waals surface area contributed by atoms with Crippen LogP contribution < -0.4 is 5.32 Å². The second kappa shape index (κ2) is 5.84. The molecule has 1 atom stereocenters. The van der Waals surface area contributed by atoms with E-state index in [-0.39, 0.29) is 24.2 Å². The summed E-state index contributed by atoms with van der Waals surface area (Å²) in [5.41, 5.74) is 1.78. The fourth-order valence-electron chi connectivity index (χ4n) is 1.91. The number of H-pyrrole nitrogens is 1. The summed E-state index contributed by atoms with van der Waals surface area (Å²) in [6.45, 7) is 4.70. The van der Waals surface area contributed by atoms with Crippen LogP contribution in [-0.2, 0) is 0 Å². The second-order valence-corrected chi connectivity index (χ2v) is 3.89. The van der Waals surface area contributed by atoms with Crippen LogP contribution in [0.5, 0.6) is 0 Å². The molecule has 4 heteroatoms. The standard InChI is InChI=1S/C13H16N2O.ClH/c1-3-14-9(2)13(16)11-8-15-12-7-5-4-6-10(11)12;/h4-9,14-15H,3H2,1-2H3;1H. The van der Waals surface area contributed by atoms with E-state index in [1.807, 2.05) is 38.1 Å². The number of para-hydroxylation sites is 1. The summed E-state index contributed by atoms with van der Waals surface area (Å²) in [6, 6.07) is 7.72. The number of hydrogen-bond acceptors (Lipinski definition) is 2. The van der Waals surface area contributed by atoms with Gasteiger partial charge in [0.1, 0.15) is 0 Å². The number of halogens is 1. The Morgan fingerprint density at radius 2 is 2.12 bits per heavy atom. The van der Waals surface area contributed by atoms with E-state index in [1.54, 1.807) is 6.20 Å². The van der Waals surface area contributed by atoms with Crippen LogP contribution in [0.2, 0.25) is 0 Å². The molecule has 0 aliphatic rings. The van der Waals surface area contributed by atoms with E-state index >= 15 is 0 Å². The zero-order chi connectivity index (χ0) is 11.5. The lowest BCUT2D eigenvalue weighted by atomic mass is 10.0. The van der Waals surface area contributed by atoms with Crippen LogP contribution in [0.25, 0.3) is 10.9 Å². The Hall–Kier alpha value is -1.32. The van der Waals surface area contributed by atoms with Crippen molar-refractivity contribution in [3.05, 3.63) is 36.0 Å². The number of hydrogen-bond donors (Lipinski definition) is 2. The Bertz CT molecular complexity index is 507. The van der Waals surface area contributed by atoms with Gasteiger partial charge in [-0.15, -0.1) is 12.4 Å². The number of nitrogens with one attached hydrogen (secondary N) is 2. The molecule has 1 aromatic carbocycles. The molecule has 0 amide bonds. The van der Waals surface area contributed by atoms with Gasteiger partial charge in [0.05, 0.1) is 6.04 Å². The lowest BCUT2D eigenvalue weighted by Crippen LogP contribution is -2.33. The van der Waals surface area contributed by atoms with Gasteiger partial charge in [-0.1, -0.05) is 25.1 Å². The lowest BCUT2D eigenvalue weighted by Gasteiger charge is -2.09. The summed E-state index contributed by atoms with van der Waals surface area (Å²) in [4.78, 5) is 15.2. The molecule has 2 aromatic rings. The summed E-state index contributed by atoms with van der Waals surface area (Å²) < 4.78 is 0. The van der Waals surface area contributed by atoms with E-state index in [1.165, 1.54) is 0 Å². The number of rotatable bonds is 4. The van der Waals surface area contributed by atoms with Crippen LogP contribution in [0.4, 0.5) is 0 Å². The third-order valence-corrected chi connectivity index (χ3v) is 2.76. The van der Waals surface area contributed by atoms with Gasteiger partial charge in [-0.3, -0.25) is 4.79 Å². The molecular weight excluding hydrogens is 236 g/mol. The first kappa shape index (κ1) is 13.7. The number of carbonyl (C=O) groups is 1. The highest BCUT2D eigenvalue weighted by Gasteiger charge is 2.17. The number of ketones is 1. The van der Waals surface area contributed by atoms with Gasteiger partial charge in [0.15, 0.2) is 5.78 Å². The van der Waals surface area contributed by atoms with Crippen LogP contribution in [0, 0.1) is 0 Å². The summed E-state index contributed by atoms with van der Waals surface area (Å²) in [6.07, 6.45) is 1.79. The molecule has 3 nitrogen and oxygen atoms in total. The third kappa shape index (κ3) is 2.68. The zero-order valence-electron chi connectivity index (χ0n) is 9.99. The van der Waals surface area contributed by atoms with Gasteiger partial charge in [-0.25, -0.2) is 0 Å². The van der Waals surface area contributed by atoms with Gasteiger partial charge in [-0.2, -0.15) is 0 Å². The number of benzene rings is 1. The predicted molar refractivity (Wildman–Crippen MR) is 73.0 cm³/mol. The van der Waals surface area contributed by atoms with Crippen LogP contribution in [-0.4, -0.2) is 23.4 Å². The van der Waals surface area contributed by atoms with Gasteiger partial charge in [0.25, 0.3) is 0 Å². The van der Waals surface area contributed by atoms with E-state index in [4.69, 9.17) is 0 Å². The molecule has 0 bridgehead atoms. The SMILES string of the molecule is CCNC(C)C(=O)c1c[nH]c2ccccc12.Cl. The maximum Gasteiger partial charge on any atom is 0.181 e. The second-order valence-electron chi connectivity index (χ2n) is 3.89. The minimum Gasteiger partial charge on any atom is -0.360 e. The first-order valence-corrected chi connectivity index (χ1v) is 5.57. The highest BCUT2D eigenvalue weighted by molar-refractivity contribution is 6.10. The van der Waals surface area contributed by atoms with Gasteiger partial charge in [0.2, 0.25) is 0 Å². The Balaban J connectivity index is 0.00000144. The van der Waals surface area contributed by atoms with Crippen molar-refractivity contribution in [3.8, 4) is 0 Å². The summed E-state index contributed by atoms with van der Waals surface area (Å²) >= 11 is 0. The highest BCUT2D eigenvalue weighted by atomic mass is 35.5. The predicted octanol–water partition coefficient (Wildman–Crippen LogP) is 2.77. The number of carbonyl (C=O) groups excluding carboxylic acids is 1. The van der Waals surface area contributed by atoms with E-state index in [0.717, 1.165) is 23.0 Å². The third-order valence-electron chi connectivity index (χ3n) is 2.76. The number of fused-ring (bicyclic) bond motifs is 1. The molecule has 0 saturated carbocycles. The minimum absolute atomic E-state index is 0. The largest absolute Gasteiger partial charge is 0.360 e. The van der Waals surface area contributed by atoms with Crippen molar-refractivity contribution in [3.63, 3.8) is 0 Å². The van der Waals surface area contributed by atoms with E-state index < -0.39 is 0 Å². The monoisotopic (exact) mass is 252 g/mol. The van der Waals surface area contributed by atoms with Crippen molar-refractivity contribution < 1.29 is 4.79 Å². The molecule has 0 fully saturated rings. The number of likely N-dealkylation sites (N-methyl/N-ethyl adjacent to an activating group) is 1. The maximum atomic E-state index is 12.1. The summed E-state index contributed by atoms with van der Waals surface area (Å²) in [5, 5.41) is 4.13. The molecule has 0 saturated heterocycles. The normalized spacial score (nSPS) is 12.1. The van der Waals surface area contributed by atoms with Crippen molar-refractivity contribution >= 4 is 29.1 Å². The Labute approximate surface area is 107 Å². The molecule has 2 rings (SSSR count). The molecule has 0 radical (unpaired) electrons.